The number of hydrogen-bond acceptors (Lipinski definition) is 5. The number of cyclic esters (lactones) is 1. The van der Waals surface area contributed by atoms with Crippen molar-refractivity contribution in [1.29, 1.82) is 0 Å². The molecule has 0 fully saturated rings. The fraction of sp³-hybridized carbons (Fsp3) is 0.417. The van der Waals surface area contributed by atoms with Gasteiger partial charge in [0.1, 0.15) is 5.56 Å². The zero-order chi connectivity index (χ0) is 12.6. The lowest BCUT2D eigenvalue weighted by Gasteiger charge is -2.21. The van der Waals surface area contributed by atoms with Gasteiger partial charge in [-0.3, -0.25) is 0 Å². The normalized spacial score (nSPS) is 22.4. The molecule has 0 aliphatic carbocycles. The molecule has 3 N–H and O–H groups in total. The number of fused-ring (bicyclic) bond motifs is 1. The number of phenolic OH excluding ortho intramolecular Hbond substituents is 2. The van der Waals surface area contributed by atoms with Gasteiger partial charge >= 0.3 is 5.97 Å². The largest absolute Gasteiger partial charge is 0.504 e. The van der Waals surface area contributed by atoms with Crippen molar-refractivity contribution in [3.8, 4) is 11.5 Å². The van der Waals surface area contributed by atoms with Crippen molar-refractivity contribution >= 4 is 5.97 Å². The van der Waals surface area contributed by atoms with Crippen LogP contribution < -0.4 is 0 Å². The Morgan fingerprint density at radius 2 is 2.06 bits per heavy atom. The summed E-state index contributed by atoms with van der Waals surface area (Å²) in [4.78, 5) is 11.6. The van der Waals surface area contributed by atoms with E-state index < -0.39 is 23.3 Å². The molecular weight excluding hydrogens is 224 g/mol. The Balaban J connectivity index is 2.48. The van der Waals surface area contributed by atoms with Crippen LogP contribution in [0.15, 0.2) is 12.1 Å². The standard InChI is InChI=1S/C12H14O5/c1-2-3-6-12(16)7-4-5-8(13)10(14)9(7)11(15)17-12/h4-5,13-14,16H,2-3,6H2,1H3/t12-/m1/s1. The molecule has 0 saturated carbocycles. The highest BCUT2D eigenvalue weighted by Gasteiger charge is 2.45. The zero-order valence-electron chi connectivity index (χ0n) is 9.43. The first-order valence-electron chi connectivity index (χ1n) is 5.50. The molecule has 0 unspecified atom stereocenters. The summed E-state index contributed by atoms with van der Waals surface area (Å²) >= 11 is 0. The zero-order valence-corrected chi connectivity index (χ0v) is 9.43. The van der Waals surface area contributed by atoms with Crippen molar-refractivity contribution in [2.45, 2.75) is 32.0 Å². The van der Waals surface area contributed by atoms with E-state index in [0.717, 1.165) is 6.42 Å². The number of carbonyl (C=O) groups excluding carboxylic acids is 1. The summed E-state index contributed by atoms with van der Waals surface area (Å²) < 4.78 is 4.90. The Hall–Kier alpha value is -1.75. The SMILES string of the molecule is CCCC[C@@]1(O)OC(=O)c2c1ccc(O)c2O. The number of benzene rings is 1. The minimum absolute atomic E-state index is 0.149. The van der Waals surface area contributed by atoms with E-state index in [1.165, 1.54) is 12.1 Å². The first kappa shape index (κ1) is 11.7. The average molecular weight is 238 g/mol. The predicted molar refractivity (Wildman–Crippen MR) is 58.6 cm³/mol. The van der Waals surface area contributed by atoms with Crippen molar-refractivity contribution in [2.75, 3.05) is 0 Å². The number of ether oxygens (including phenoxy) is 1. The van der Waals surface area contributed by atoms with Crippen molar-refractivity contribution in [1.82, 2.24) is 0 Å². The second-order valence-corrected chi connectivity index (χ2v) is 4.13. The summed E-state index contributed by atoms with van der Waals surface area (Å²) in [5.41, 5.74) is 0.0647. The number of aliphatic hydroxyl groups is 1. The van der Waals surface area contributed by atoms with Crippen LogP contribution in [0.1, 0.15) is 42.1 Å². The first-order chi connectivity index (χ1) is 7.99. The molecule has 1 atom stereocenters. The number of phenols is 2. The van der Waals surface area contributed by atoms with Gasteiger partial charge in [0.05, 0.1) is 0 Å². The molecule has 0 aromatic heterocycles. The highest BCUT2D eigenvalue weighted by atomic mass is 16.7. The van der Waals surface area contributed by atoms with Crippen LogP contribution in [0.5, 0.6) is 11.5 Å². The van der Waals surface area contributed by atoms with Crippen LogP contribution in [0.2, 0.25) is 0 Å². The van der Waals surface area contributed by atoms with E-state index in [1.807, 2.05) is 6.92 Å². The Kier molecular flexibility index (Phi) is 2.71. The predicted octanol–water partition coefficient (Wildman–Crippen LogP) is 1.60. The molecule has 5 heteroatoms. The molecule has 1 aromatic carbocycles. The lowest BCUT2D eigenvalue weighted by atomic mass is 9.97. The van der Waals surface area contributed by atoms with E-state index >= 15 is 0 Å². The number of carbonyl (C=O) groups is 1. The molecule has 0 bridgehead atoms. The van der Waals surface area contributed by atoms with Gasteiger partial charge in [-0.05, 0) is 18.6 Å². The third kappa shape index (κ3) is 1.72. The second-order valence-electron chi connectivity index (χ2n) is 4.13. The van der Waals surface area contributed by atoms with Crippen LogP contribution in [-0.4, -0.2) is 21.3 Å². The fourth-order valence-corrected chi connectivity index (χ4v) is 1.97. The van der Waals surface area contributed by atoms with Gasteiger partial charge < -0.3 is 20.1 Å². The average Bonchev–Trinajstić information content (AvgIpc) is 2.54. The molecule has 0 spiro atoms. The number of unbranched alkanes of at least 4 members (excludes halogenated alkanes) is 1. The lowest BCUT2D eigenvalue weighted by Crippen LogP contribution is -2.25. The fourth-order valence-electron chi connectivity index (χ4n) is 1.97. The summed E-state index contributed by atoms with van der Waals surface area (Å²) in [6.45, 7) is 1.95. The molecule has 5 nitrogen and oxygen atoms in total. The van der Waals surface area contributed by atoms with Gasteiger partial charge in [0.2, 0.25) is 5.79 Å². The van der Waals surface area contributed by atoms with E-state index in [9.17, 15) is 20.1 Å². The van der Waals surface area contributed by atoms with Crippen molar-refractivity contribution < 1.29 is 24.9 Å². The van der Waals surface area contributed by atoms with Gasteiger partial charge in [-0.25, -0.2) is 4.79 Å². The Bertz CT molecular complexity index is 468. The van der Waals surface area contributed by atoms with E-state index in [2.05, 4.69) is 0 Å². The number of hydrogen-bond donors (Lipinski definition) is 3. The summed E-state index contributed by atoms with van der Waals surface area (Å²) in [7, 11) is 0. The minimum atomic E-state index is -1.69. The molecule has 0 saturated heterocycles. The van der Waals surface area contributed by atoms with Crippen LogP contribution in [0.4, 0.5) is 0 Å². The maximum absolute atomic E-state index is 11.6. The maximum Gasteiger partial charge on any atom is 0.345 e. The molecular formula is C12H14O5. The van der Waals surface area contributed by atoms with Gasteiger partial charge in [0.15, 0.2) is 11.5 Å². The first-order valence-corrected chi connectivity index (χ1v) is 5.50. The Labute approximate surface area is 98.3 Å². The summed E-state index contributed by atoms with van der Waals surface area (Å²) in [5, 5.41) is 29.1. The number of esters is 1. The Morgan fingerprint density at radius 1 is 1.35 bits per heavy atom. The van der Waals surface area contributed by atoms with Gasteiger partial charge in [0.25, 0.3) is 0 Å². The topological polar surface area (TPSA) is 87.0 Å². The summed E-state index contributed by atoms with van der Waals surface area (Å²) in [6.07, 6.45) is 1.80. The molecule has 2 rings (SSSR count). The molecule has 1 heterocycles. The molecule has 0 amide bonds. The lowest BCUT2D eigenvalue weighted by molar-refractivity contribution is -0.168. The quantitative estimate of drug-likeness (QED) is 0.550. The minimum Gasteiger partial charge on any atom is -0.504 e. The highest BCUT2D eigenvalue weighted by molar-refractivity contribution is 5.98. The summed E-state index contributed by atoms with van der Waals surface area (Å²) in [6, 6.07) is 2.62. The molecule has 1 aliphatic rings. The van der Waals surface area contributed by atoms with E-state index in [0.29, 0.717) is 6.42 Å². The van der Waals surface area contributed by atoms with Crippen LogP contribution in [0.3, 0.4) is 0 Å². The van der Waals surface area contributed by atoms with E-state index in [4.69, 9.17) is 4.74 Å². The molecule has 92 valence electrons. The van der Waals surface area contributed by atoms with Gasteiger partial charge in [0, 0.05) is 12.0 Å². The van der Waals surface area contributed by atoms with Crippen molar-refractivity contribution in [3.05, 3.63) is 23.3 Å². The van der Waals surface area contributed by atoms with Crippen molar-refractivity contribution in [2.24, 2.45) is 0 Å². The maximum atomic E-state index is 11.6. The van der Waals surface area contributed by atoms with Crippen LogP contribution >= 0.6 is 0 Å². The van der Waals surface area contributed by atoms with Crippen LogP contribution in [0, 0.1) is 0 Å². The smallest absolute Gasteiger partial charge is 0.345 e. The van der Waals surface area contributed by atoms with Crippen LogP contribution in [-0.2, 0) is 10.5 Å². The van der Waals surface area contributed by atoms with E-state index in [1.54, 1.807) is 0 Å². The van der Waals surface area contributed by atoms with E-state index in [-0.39, 0.29) is 17.5 Å². The number of rotatable bonds is 3. The number of aromatic hydroxyl groups is 2. The molecule has 17 heavy (non-hydrogen) atoms. The van der Waals surface area contributed by atoms with Gasteiger partial charge in [-0.1, -0.05) is 13.3 Å². The Morgan fingerprint density at radius 3 is 2.71 bits per heavy atom. The molecule has 1 aromatic rings. The van der Waals surface area contributed by atoms with Crippen molar-refractivity contribution in [3.63, 3.8) is 0 Å². The third-order valence-corrected chi connectivity index (χ3v) is 2.91. The second kappa shape index (κ2) is 3.92. The monoisotopic (exact) mass is 238 g/mol. The highest BCUT2D eigenvalue weighted by Crippen LogP contribution is 2.44. The molecule has 1 aliphatic heterocycles. The van der Waals surface area contributed by atoms with Crippen LogP contribution in [0.25, 0.3) is 0 Å². The summed E-state index contributed by atoms with van der Waals surface area (Å²) in [5.74, 6) is -3.44. The third-order valence-electron chi connectivity index (χ3n) is 2.91. The van der Waals surface area contributed by atoms with Gasteiger partial charge in [-0.15, -0.1) is 0 Å². The molecule has 0 radical (unpaired) electrons. The van der Waals surface area contributed by atoms with Gasteiger partial charge in [-0.2, -0.15) is 0 Å².